The number of ether oxygens (including phenoxy) is 2. The first-order chi connectivity index (χ1) is 12.2. The molecule has 0 atom stereocenters. The topological polar surface area (TPSA) is 84.9 Å². The van der Waals surface area contributed by atoms with Gasteiger partial charge in [-0.1, -0.05) is 17.7 Å². The van der Waals surface area contributed by atoms with Crippen molar-refractivity contribution in [2.75, 3.05) is 29.2 Å². The molecule has 138 valence electrons. The Labute approximate surface area is 152 Å². The minimum atomic E-state index is -3.66. The van der Waals surface area contributed by atoms with Crippen molar-refractivity contribution in [1.82, 2.24) is 0 Å². The smallest absolute Gasteiger partial charge is 0.245 e. The number of hydrogen-bond donors (Lipinski definition) is 1. The summed E-state index contributed by atoms with van der Waals surface area (Å²) >= 11 is 0. The molecule has 0 bridgehead atoms. The fourth-order valence-electron chi connectivity index (χ4n) is 2.71. The Kier molecular flexibility index (Phi) is 4.78. The predicted octanol–water partition coefficient (Wildman–Crippen LogP) is 2.44. The molecule has 0 aromatic heterocycles. The number of carbonyl (C=O) groups is 1. The zero-order valence-corrected chi connectivity index (χ0v) is 15.6. The van der Waals surface area contributed by atoms with Gasteiger partial charge < -0.3 is 14.8 Å². The van der Waals surface area contributed by atoms with Crippen LogP contribution < -0.4 is 19.1 Å². The molecule has 1 amide bonds. The first-order valence-corrected chi connectivity index (χ1v) is 9.83. The van der Waals surface area contributed by atoms with Crippen molar-refractivity contribution in [3.63, 3.8) is 0 Å². The Morgan fingerprint density at radius 2 is 1.85 bits per heavy atom. The zero-order chi connectivity index (χ0) is 18.9. The van der Waals surface area contributed by atoms with Gasteiger partial charge in [-0.15, -0.1) is 0 Å². The number of benzene rings is 2. The number of rotatable bonds is 5. The van der Waals surface area contributed by atoms with Gasteiger partial charge in [-0.05, 0) is 37.6 Å². The molecule has 1 aliphatic rings. The molecule has 0 saturated heterocycles. The maximum absolute atomic E-state index is 12.4. The predicted molar refractivity (Wildman–Crippen MR) is 99.3 cm³/mol. The van der Waals surface area contributed by atoms with E-state index in [0.29, 0.717) is 22.9 Å². The quantitative estimate of drug-likeness (QED) is 0.866. The molecule has 1 N–H and O–H groups in total. The molecule has 2 aromatic rings. The van der Waals surface area contributed by atoms with Crippen LogP contribution in [0.1, 0.15) is 11.1 Å². The van der Waals surface area contributed by atoms with E-state index in [0.717, 1.165) is 21.7 Å². The van der Waals surface area contributed by atoms with Gasteiger partial charge in [-0.25, -0.2) is 8.42 Å². The van der Waals surface area contributed by atoms with E-state index in [4.69, 9.17) is 9.47 Å². The molecule has 3 rings (SSSR count). The van der Waals surface area contributed by atoms with Crippen LogP contribution in [-0.4, -0.2) is 33.9 Å². The summed E-state index contributed by atoms with van der Waals surface area (Å²) in [4.78, 5) is 12.4. The van der Waals surface area contributed by atoms with Gasteiger partial charge in [0.05, 0.1) is 11.9 Å². The number of nitrogens with zero attached hydrogens (tertiary/aromatic N) is 1. The number of aryl methyl sites for hydroxylation is 2. The van der Waals surface area contributed by atoms with Crippen molar-refractivity contribution < 1.29 is 22.7 Å². The minimum absolute atomic E-state index is 0.0881. The molecule has 2 aromatic carbocycles. The zero-order valence-electron chi connectivity index (χ0n) is 14.8. The van der Waals surface area contributed by atoms with Gasteiger partial charge in [0, 0.05) is 11.8 Å². The van der Waals surface area contributed by atoms with Crippen LogP contribution in [0.2, 0.25) is 0 Å². The molecule has 0 radical (unpaired) electrons. The first-order valence-electron chi connectivity index (χ1n) is 7.98. The maximum Gasteiger partial charge on any atom is 0.245 e. The van der Waals surface area contributed by atoms with Crippen LogP contribution in [0.25, 0.3) is 0 Å². The molecular formula is C18H20N2O5S. The number of nitrogens with one attached hydrogen (secondary N) is 1. The van der Waals surface area contributed by atoms with Crippen LogP contribution in [0, 0.1) is 13.8 Å². The van der Waals surface area contributed by atoms with E-state index in [9.17, 15) is 13.2 Å². The Bertz CT molecular complexity index is 956. The highest BCUT2D eigenvalue weighted by atomic mass is 32.2. The van der Waals surface area contributed by atoms with Gasteiger partial charge in [0.2, 0.25) is 22.7 Å². The van der Waals surface area contributed by atoms with Crippen molar-refractivity contribution >= 4 is 27.3 Å². The van der Waals surface area contributed by atoms with E-state index in [-0.39, 0.29) is 13.3 Å². The van der Waals surface area contributed by atoms with Gasteiger partial charge in [0.25, 0.3) is 0 Å². The van der Waals surface area contributed by atoms with Crippen molar-refractivity contribution in [1.29, 1.82) is 0 Å². The molecule has 1 heterocycles. The van der Waals surface area contributed by atoms with Crippen molar-refractivity contribution in [2.24, 2.45) is 0 Å². The van der Waals surface area contributed by atoms with Crippen molar-refractivity contribution in [2.45, 2.75) is 13.8 Å². The SMILES string of the molecule is Cc1ccc(NC(=O)CN(c2ccc3c(c2)OCO3)S(C)(=O)=O)c(C)c1. The fraction of sp³-hybridized carbons (Fsp3) is 0.278. The molecular weight excluding hydrogens is 356 g/mol. The Hall–Kier alpha value is -2.74. The number of carbonyl (C=O) groups excluding carboxylic acids is 1. The van der Waals surface area contributed by atoms with Crippen LogP contribution in [-0.2, 0) is 14.8 Å². The summed E-state index contributed by atoms with van der Waals surface area (Å²) in [6, 6.07) is 10.4. The number of amides is 1. The van der Waals surface area contributed by atoms with Gasteiger partial charge in [0.15, 0.2) is 11.5 Å². The number of sulfonamides is 1. The van der Waals surface area contributed by atoms with E-state index in [1.54, 1.807) is 24.3 Å². The molecule has 0 unspecified atom stereocenters. The molecule has 26 heavy (non-hydrogen) atoms. The maximum atomic E-state index is 12.4. The Morgan fingerprint density at radius 1 is 1.12 bits per heavy atom. The highest BCUT2D eigenvalue weighted by molar-refractivity contribution is 7.92. The van der Waals surface area contributed by atoms with Gasteiger partial charge in [-0.2, -0.15) is 0 Å². The monoisotopic (exact) mass is 376 g/mol. The molecule has 0 saturated carbocycles. The largest absolute Gasteiger partial charge is 0.454 e. The Morgan fingerprint density at radius 3 is 2.54 bits per heavy atom. The third kappa shape index (κ3) is 3.91. The summed E-state index contributed by atoms with van der Waals surface area (Å²) in [6.07, 6.45) is 1.06. The standard InChI is InChI=1S/C18H20N2O5S/c1-12-4-6-15(13(2)8-12)19-18(21)10-20(26(3,22)23)14-5-7-16-17(9-14)25-11-24-16/h4-9H,10-11H2,1-3H3,(H,19,21). The van der Waals surface area contributed by atoms with Gasteiger partial charge >= 0.3 is 0 Å². The molecule has 0 aliphatic carbocycles. The second-order valence-electron chi connectivity index (χ2n) is 6.17. The molecule has 0 fully saturated rings. The normalized spacial score (nSPS) is 12.7. The van der Waals surface area contributed by atoms with Crippen LogP contribution in [0.3, 0.4) is 0 Å². The second kappa shape index (κ2) is 6.87. The molecule has 8 heteroatoms. The molecule has 1 aliphatic heterocycles. The van der Waals surface area contributed by atoms with E-state index >= 15 is 0 Å². The number of hydrogen-bond acceptors (Lipinski definition) is 5. The van der Waals surface area contributed by atoms with Crippen molar-refractivity contribution in [3.8, 4) is 11.5 Å². The fourth-order valence-corrected chi connectivity index (χ4v) is 3.56. The Balaban J connectivity index is 1.82. The third-order valence-corrected chi connectivity index (χ3v) is 5.13. The van der Waals surface area contributed by atoms with E-state index in [1.807, 2.05) is 26.0 Å². The summed E-state index contributed by atoms with van der Waals surface area (Å²) in [7, 11) is -3.66. The van der Waals surface area contributed by atoms with Gasteiger partial charge in [0.1, 0.15) is 6.54 Å². The highest BCUT2D eigenvalue weighted by Gasteiger charge is 2.24. The summed E-state index contributed by atoms with van der Waals surface area (Å²) in [5, 5.41) is 2.76. The third-order valence-electron chi connectivity index (χ3n) is 3.99. The summed E-state index contributed by atoms with van der Waals surface area (Å²) in [6.45, 7) is 3.59. The molecule has 0 spiro atoms. The van der Waals surface area contributed by atoms with Crippen LogP contribution in [0.5, 0.6) is 11.5 Å². The van der Waals surface area contributed by atoms with Crippen molar-refractivity contribution in [3.05, 3.63) is 47.5 Å². The van der Waals surface area contributed by atoms with Crippen LogP contribution in [0.4, 0.5) is 11.4 Å². The summed E-state index contributed by atoms with van der Waals surface area (Å²) in [5.74, 6) is 0.563. The number of fused-ring (bicyclic) bond motifs is 1. The van der Waals surface area contributed by atoms with E-state index in [2.05, 4.69) is 5.32 Å². The van der Waals surface area contributed by atoms with E-state index < -0.39 is 15.9 Å². The number of anilines is 2. The summed E-state index contributed by atoms with van der Waals surface area (Å²) < 4.78 is 36.0. The highest BCUT2D eigenvalue weighted by Crippen LogP contribution is 2.36. The lowest BCUT2D eigenvalue weighted by Gasteiger charge is -2.22. The minimum Gasteiger partial charge on any atom is -0.454 e. The first kappa shape index (κ1) is 18.1. The van der Waals surface area contributed by atoms with Crippen LogP contribution >= 0.6 is 0 Å². The summed E-state index contributed by atoms with van der Waals surface area (Å²) in [5.41, 5.74) is 2.98. The lowest BCUT2D eigenvalue weighted by Crippen LogP contribution is -2.37. The van der Waals surface area contributed by atoms with Gasteiger partial charge in [-0.3, -0.25) is 9.10 Å². The van der Waals surface area contributed by atoms with Crippen LogP contribution in [0.15, 0.2) is 36.4 Å². The second-order valence-corrected chi connectivity index (χ2v) is 8.08. The van der Waals surface area contributed by atoms with E-state index in [1.165, 1.54) is 0 Å². The lowest BCUT2D eigenvalue weighted by atomic mass is 10.1. The average molecular weight is 376 g/mol. The average Bonchev–Trinajstić information content (AvgIpc) is 3.02. The molecule has 7 nitrogen and oxygen atoms in total. The lowest BCUT2D eigenvalue weighted by molar-refractivity contribution is -0.114.